The Balaban J connectivity index is 1.21. The van der Waals surface area contributed by atoms with Crippen LogP contribution in [0.25, 0.3) is 0 Å². The number of ketones is 2. The minimum atomic E-state index is -4.26. The molecule has 170 valence electrons. The van der Waals surface area contributed by atoms with Crippen LogP contribution < -0.4 is 0 Å². The van der Waals surface area contributed by atoms with Gasteiger partial charge in [0.05, 0.1) is 0 Å². The van der Waals surface area contributed by atoms with Gasteiger partial charge in [-0.3, -0.25) is 0 Å². The van der Waals surface area contributed by atoms with Gasteiger partial charge in [0.2, 0.25) is 0 Å². The molecule has 3 heteroatoms. The van der Waals surface area contributed by atoms with Crippen molar-refractivity contribution in [2.24, 2.45) is 0 Å². The van der Waals surface area contributed by atoms with Gasteiger partial charge in [-0.05, 0) is 0 Å². The normalized spacial score (nSPS) is 69.2. The molecule has 2 aromatic rings. The molecule has 2 nitrogen and oxygen atoms in total. The van der Waals surface area contributed by atoms with Crippen LogP contribution in [0.5, 0.6) is 0 Å². The van der Waals surface area contributed by atoms with E-state index < -0.39 is 6.51 Å². The van der Waals surface area contributed by atoms with Gasteiger partial charge in [-0.25, -0.2) is 0 Å². The third kappa shape index (κ3) is 0.316. The molecule has 33 heavy (non-hydrogen) atoms. The molecule has 0 saturated carbocycles. The summed E-state index contributed by atoms with van der Waals surface area (Å²) in [6.45, 7) is 8.56. The number of carbonyl (C=O) groups excluding carboxylic acids is 2. The molecule has 2 aromatic carbocycles. The SMILES string of the molecule is Cc1cc(C)c(C(=O)[C]23[CH]4[CH]5[CH]6[C]2(C(=O)c2c(C)cc(C)cc2C)[Fe]54632789[CH]3[CH]2[CH]7[CH]8[CH]39)c(C)c1. The molecule has 0 bridgehead atoms. The van der Waals surface area contributed by atoms with E-state index in [-0.39, 0.29) is 8.63 Å². The van der Waals surface area contributed by atoms with Crippen LogP contribution in [0.1, 0.15) is 54.1 Å². The fraction of sp³-hybridized carbons (Fsp3) is 0.533. The monoisotopic (exact) mass is 478 g/mol. The number of hydrogen-bond acceptors (Lipinski definition) is 2. The van der Waals surface area contributed by atoms with Gasteiger partial charge in [0.25, 0.3) is 0 Å². The van der Waals surface area contributed by atoms with Gasteiger partial charge >= 0.3 is 185 Å². The summed E-state index contributed by atoms with van der Waals surface area (Å²) in [6, 6.07) is 8.81. The molecular weight excluding hydrogens is 448 g/mol. The maximum atomic E-state index is 15.0. The van der Waals surface area contributed by atoms with Crippen LogP contribution in [0.3, 0.4) is 0 Å². The average Bonchev–Trinajstić information content (AvgIpc) is 3.65. The summed E-state index contributed by atoms with van der Waals surface area (Å²) in [5.74, 6) is 0.963. The molecule has 0 N–H and O–H groups in total. The van der Waals surface area contributed by atoms with Crippen molar-refractivity contribution in [1.82, 2.24) is 0 Å². The molecule has 4 unspecified atom stereocenters. The van der Waals surface area contributed by atoms with E-state index in [4.69, 9.17) is 0 Å². The van der Waals surface area contributed by atoms with Crippen molar-refractivity contribution in [3.63, 3.8) is 0 Å². The van der Waals surface area contributed by atoms with Crippen LogP contribution in [-0.4, -0.2) is 11.6 Å². The number of rotatable bonds is 4. The minimum absolute atomic E-state index is 0.155. The van der Waals surface area contributed by atoms with E-state index >= 15 is 9.59 Å². The molecule has 10 aliphatic rings. The molecule has 10 fully saturated rings. The van der Waals surface area contributed by atoms with E-state index in [2.05, 4.69) is 65.8 Å². The number of carbonyl (C=O) groups is 2. The van der Waals surface area contributed by atoms with Crippen molar-refractivity contribution < 1.29 is 16.1 Å². The molecule has 0 radical (unpaired) electrons. The first kappa shape index (κ1) is 16.1. The zero-order chi connectivity index (χ0) is 22.5. The topological polar surface area (TPSA) is 34.1 Å². The van der Waals surface area contributed by atoms with Crippen LogP contribution in [0, 0.1) is 41.5 Å². The Morgan fingerprint density at radius 2 is 0.879 bits per heavy atom. The van der Waals surface area contributed by atoms with Crippen LogP contribution >= 0.6 is 0 Å². The number of fused-ring (bicyclic) bond motifs is 10. The summed E-state index contributed by atoms with van der Waals surface area (Å²) in [6.07, 6.45) is 0. The molecule has 10 aliphatic heterocycles. The summed E-state index contributed by atoms with van der Waals surface area (Å²) in [4.78, 5) is 37.0. The van der Waals surface area contributed by atoms with Crippen LogP contribution in [0.4, 0.5) is 0 Å². The van der Waals surface area contributed by atoms with Gasteiger partial charge in [0.15, 0.2) is 0 Å². The Kier molecular flexibility index (Phi) is 0.986. The standard InChI is InChI=1S/C25H25O2.C5H5.Fe/c1-14-10-16(3)22(17(4)11-14)24(26)20-8-7-9-21(20)25(27)23-18(5)12-15(2)13-19(23)6;1-2-4-5-3-1;/h7-13H,1-6H3;1-5H;. The maximum absolute atomic E-state index is 15.0. The van der Waals surface area contributed by atoms with Gasteiger partial charge in [0.1, 0.15) is 0 Å². The van der Waals surface area contributed by atoms with E-state index in [9.17, 15) is 0 Å². The van der Waals surface area contributed by atoms with E-state index in [1.54, 1.807) is 0 Å². The quantitative estimate of drug-likeness (QED) is 0.333. The van der Waals surface area contributed by atoms with Crippen LogP contribution in [0.15, 0.2) is 24.3 Å². The summed E-state index contributed by atoms with van der Waals surface area (Å²) in [5, 5.41) is 0. The van der Waals surface area contributed by atoms with Gasteiger partial charge in [-0.2, -0.15) is 0 Å². The summed E-state index contributed by atoms with van der Waals surface area (Å²) >= 11 is 0. The second-order valence-corrected chi connectivity index (χ2v) is 39.2. The molecule has 12 rings (SSSR count). The van der Waals surface area contributed by atoms with Crippen molar-refractivity contribution >= 4 is 11.6 Å². The molecule has 4 atom stereocenters. The Morgan fingerprint density at radius 3 is 1.12 bits per heavy atom. The number of hydrogen-bond donors (Lipinski definition) is 0. The third-order valence-corrected chi connectivity index (χ3v) is 62.0. The van der Waals surface area contributed by atoms with Crippen molar-refractivity contribution in [3.05, 3.63) is 68.8 Å². The molecule has 0 aliphatic carbocycles. The second-order valence-electron chi connectivity index (χ2n) is 16.0. The average molecular weight is 478 g/mol. The Hall–Kier alpha value is -1.70. The predicted molar refractivity (Wildman–Crippen MR) is 125 cm³/mol. The molecule has 0 amide bonds. The zero-order valence-corrected chi connectivity index (χ0v) is 21.2. The molecule has 10 saturated heterocycles. The van der Waals surface area contributed by atoms with E-state index in [1.165, 1.54) is 11.1 Å². The van der Waals surface area contributed by atoms with Gasteiger partial charge in [-0.15, -0.1) is 0 Å². The number of aryl methyl sites for hydroxylation is 6. The first-order valence-corrected chi connectivity index (χ1v) is 19.1. The molecular formula is C30H30FeO2. The zero-order valence-electron chi connectivity index (χ0n) is 20.1. The van der Waals surface area contributed by atoms with Crippen molar-refractivity contribution in [3.8, 4) is 0 Å². The van der Waals surface area contributed by atoms with Crippen LogP contribution in [-0.2, 0) is 6.51 Å². The predicted octanol–water partition coefficient (Wildman–Crippen LogP) is 7.73. The molecule has 1 spiro atoms. The summed E-state index contributed by atoms with van der Waals surface area (Å²) < 4.78 is -0.310. The number of Topliss-reactive ketones (excluding diaryl/α,β-unsaturated/α-hetero) is 2. The van der Waals surface area contributed by atoms with Gasteiger partial charge in [0, 0.05) is 0 Å². The fourth-order valence-electron chi connectivity index (χ4n) is 21.3. The molecule has 10 heterocycles. The van der Waals surface area contributed by atoms with E-state index in [0.29, 0.717) is 11.6 Å². The Morgan fingerprint density at radius 1 is 0.576 bits per heavy atom. The third-order valence-electron chi connectivity index (χ3n) is 19.3. The van der Waals surface area contributed by atoms with E-state index in [1.807, 2.05) is 0 Å². The van der Waals surface area contributed by atoms with E-state index in [0.717, 1.165) is 71.9 Å². The second kappa shape index (κ2) is 2.03. The van der Waals surface area contributed by atoms with Gasteiger partial charge < -0.3 is 0 Å². The van der Waals surface area contributed by atoms with Gasteiger partial charge in [-0.1, -0.05) is 0 Å². The Bertz CT molecular complexity index is 1780. The van der Waals surface area contributed by atoms with Crippen molar-refractivity contribution in [2.75, 3.05) is 0 Å². The Labute approximate surface area is 184 Å². The van der Waals surface area contributed by atoms with Crippen LogP contribution in [0.2, 0.25) is 47.2 Å². The summed E-state index contributed by atoms with van der Waals surface area (Å²) in [7, 11) is 0. The number of benzene rings is 2. The fourth-order valence-corrected chi connectivity index (χ4v) is 96.6. The summed E-state index contributed by atoms with van der Waals surface area (Å²) in [5.41, 5.74) is 9.11. The first-order chi connectivity index (χ1) is 15.4. The van der Waals surface area contributed by atoms with Crippen molar-refractivity contribution in [1.29, 1.82) is 0 Å². The molecule has 0 aromatic heterocycles. The first-order valence-electron chi connectivity index (χ1n) is 12.9. The van der Waals surface area contributed by atoms with Crippen molar-refractivity contribution in [2.45, 2.75) is 88.7 Å².